The molecule has 62 valence electrons. The van der Waals surface area contributed by atoms with Crippen LogP contribution in [-0.4, -0.2) is 0 Å². The molecule has 0 atom stereocenters. The molecule has 0 radical (unpaired) electrons. The minimum absolute atomic E-state index is 0.283. The first kappa shape index (κ1) is 7.49. The summed E-state index contributed by atoms with van der Waals surface area (Å²) < 4.78 is 26.0. The van der Waals surface area contributed by atoms with Crippen LogP contribution >= 0.6 is 11.3 Å². The maximum Gasteiger partial charge on any atom is 0.176 e. The number of rotatable bonds is 0. The van der Waals surface area contributed by atoms with Crippen molar-refractivity contribution in [2.75, 3.05) is 5.73 Å². The SMILES string of the molecule is Nc1cc(F)c(F)c2sccc12. The highest BCUT2D eigenvalue weighted by molar-refractivity contribution is 7.17. The predicted molar refractivity (Wildman–Crippen MR) is 46.2 cm³/mol. The van der Waals surface area contributed by atoms with E-state index in [1.54, 1.807) is 11.4 Å². The van der Waals surface area contributed by atoms with Gasteiger partial charge in [0.15, 0.2) is 11.6 Å². The van der Waals surface area contributed by atoms with Crippen molar-refractivity contribution in [3.8, 4) is 0 Å². The fourth-order valence-corrected chi connectivity index (χ4v) is 1.95. The summed E-state index contributed by atoms with van der Waals surface area (Å²) in [5, 5.41) is 2.27. The highest BCUT2D eigenvalue weighted by Gasteiger charge is 2.10. The number of anilines is 1. The smallest absolute Gasteiger partial charge is 0.176 e. The van der Waals surface area contributed by atoms with Gasteiger partial charge in [-0.05, 0) is 11.4 Å². The number of thiophene rings is 1. The highest BCUT2D eigenvalue weighted by Crippen LogP contribution is 2.30. The van der Waals surface area contributed by atoms with E-state index in [1.807, 2.05) is 0 Å². The van der Waals surface area contributed by atoms with Crippen molar-refractivity contribution >= 4 is 27.1 Å². The zero-order valence-electron chi connectivity index (χ0n) is 5.97. The van der Waals surface area contributed by atoms with Crippen LogP contribution in [-0.2, 0) is 0 Å². The van der Waals surface area contributed by atoms with E-state index in [0.29, 0.717) is 5.39 Å². The molecule has 0 spiro atoms. The Kier molecular flexibility index (Phi) is 1.51. The van der Waals surface area contributed by atoms with Gasteiger partial charge in [-0.1, -0.05) is 0 Å². The van der Waals surface area contributed by atoms with Gasteiger partial charge in [-0.3, -0.25) is 0 Å². The second kappa shape index (κ2) is 2.42. The van der Waals surface area contributed by atoms with E-state index in [2.05, 4.69) is 0 Å². The normalized spacial score (nSPS) is 10.8. The Hall–Kier alpha value is -1.16. The molecule has 0 bridgehead atoms. The average molecular weight is 185 g/mol. The summed E-state index contributed by atoms with van der Waals surface area (Å²) >= 11 is 1.15. The molecule has 0 amide bonds. The number of hydrogen-bond acceptors (Lipinski definition) is 2. The van der Waals surface area contributed by atoms with Crippen molar-refractivity contribution in [2.24, 2.45) is 0 Å². The Balaban J connectivity index is 2.97. The Bertz CT molecular complexity index is 436. The van der Waals surface area contributed by atoms with E-state index in [0.717, 1.165) is 17.4 Å². The molecular formula is C8H5F2NS. The monoisotopic (exact) mass is 185 g/mol. The lowest BCUT2D eigenvalue weighted by Gasteiger charge is -1.98. The topological polar surface area (TPSA) is 26.0 Å². The van der Waals surface area contributed by atoms with Crippen LogP contribution in [0.15, 0.2) is 17.5 Å². The third kappa shape index (κ3) is 0.881. The van der Waals surface area contributed by atoms with Crippen molar-refractivity contribution in [2.45, 2.75) is 0 Å². The Labute approximate surface area is 71.4 Å². The summed E-state index contributed by atoms with van der Waals surface area (Å²) in [6.45, 7) is 0. The van der Waals surface area contributed by atoms with Crippen LogP contribution in [0.4, 0.5) is 14.5 Å². The summed E-state index contributed by atoms with van der Waals surface area (Å²) in [6.07, 6.45) is 0. The second-order valence-electron chi connectivity index (χ2n) is 2.42. The minimum Gasteiger partial charge on any atom is -0.398 e. The van der Waals surface area contributed by atoms with Crippen LogP contribution < -0.4 is 5.73 Å². The van der Waals surface area contributed by atoms with Crippen molar-refractivity contribution in [1.82, 2.24) is 0 Å². The Morgan fingerprint density at radius 1 is 1.33 bits per heavy atom. The average Bonchev–Trinajstić information content (AvgIpc) is 2.48. The first-order chi connectivity index (χ1) is 5.70. The molecule has 0 aliphatic heterocycles. The zero-order chi connectivity index (χ0) is 8.72. The molecule has 0 aliphatic carbocycles. The van der Waals surface area contributed by atoms with Gasteiger partial charge in [0.05, 0.1) is 4.70 Å². The number of nitrogen functional groups attached to an aromatic ring is 1. The Morgan fingerprint density at radius 2 is 2.08 bits per heavy atom. The van der Waals surface area contributed by atoms with Gasteiger partial charge in [0, 0.05) is 17.1 Å². The van der Waals surface area contributed by atoms with E-state index < -0.39 is 11.6 Å². The van der Waals surface area contributed by atoms with Gasteiger partial charge in [0.2, 0.25) is 0 Å². The maximum absolute atomic E-state index is 13.0. The number of nitrogens with two attached hydrogens (primary N) is 1. The molecule has 0 aliphatic rings. The molecule has 4 heteroatoms. The first-order valence-corrected chi connectivity index (χ1v) is 4.19. The second-order valence-corrected chi connectivity index (χ2v) is 3.34. The highest BCUT2D eigenvalue weighted by atomic mass is 32.1. The zero-order valence-corrected chi connectivity index (χ0v) is 6.79. The van der Waals surface area contributed by atoms with E-state index >= 15 is 0 Å². The van der Waals surface area contributed by atoms with E-state index in [4.69, 9.17) is 5.73 Å². The summed E-state index contributed by atoms with van der Waals surface area (Å²) in [4.78, 5) is 0. The standard InChI is InChI=1S/C8H5F2NS/c9-5-3-6(11)4-1-2-12-8(4)7(5)10/h1-3H,11H2. The van der Waals surface area contributed by atoms with Gasteiger partial charge < -0.3 is 5.73 Å². The molecular weight excluding hydrogens is 180 g/mol. The number of benzene rings is 1. The van der Waals surface area contributed by atoms with Crippen LogP contribution in [0, 0.1) is 11.6 Å². The first-order valence-electron chi connectivity index (χ1n) is 3.31. The lowest BCUT2D eigenvalue weighted by molar-refractivity contribution is 0.518. The van der Waals surface area contributed by atoms with Crippen molar-refractivity contribution < 1.29 is 8.78 Å². The molecule has 2 N–H and O–H groups in total. The predicted octanol–water partition coefficient (Wildman–Crippen LogP) is 2.76. The lowest BCUT2D eigenvalue weighted by Crippen LogP contribution is -1.90. The van der Waals surface area contributed by atoms with Gasteiger partial charge in [-0.25, -0.2) is 8.78 Å². The quantitative estimate of drug-likeness (QED) is 0.627. The van der Waals surface area contributed by atoms with Crippen molar-refractivity contribution in [3.63, 3.8) is 0 Å². The van der Waals surface area contributed by atoms with Crippen LogP contribution in [0.25, 0.3) is 10.1 Å². The van der Waals surface area contributed by atoms with E-state index in [-0.39, 0.29) is 10.4 Å². The number of halogens is 2. The molecule has 0 saturated carbocycles. The molecule has 1 aromatic heterocycles. The van der Waals surface area contributed by atoms with Gasteiger partial charge >= 0.3 is 0 Å². The molecule has 12 heavy (non-hydrogen) atoms. The summed E-state index contributed by atoms with van der Waals surface area (Å²) in [7, 11) is 0. The molecule has 1 nitrogen and oxygen atoms in total. The van der Waals surface area contributed by atoms with Gasteiger partial charge in [0.1, 0.15) is 0 Å². The van der Waals surface area contributed by atoms with Crippen LogP contribution in [0.1, 0.15) is 0 Å². The van der Waals surface area contributed by atoms with Gasteiger partial charge in [-0.2, -0.15) is 0 Å². The number of hydrogen-bond donors (Lipinski definition) is 1. The van der Waals surface area contributed by atoms with Gasteiger partial charge in [0.25, 0.3) is 0 Å². The number of fused-ring (bicyclic) bond motifs is 1. The molecule has 1 heterocycles. The van der Waals surface area contributed by atoms with E-state index in [9.17, 15) is 8.78 Å². The largest absolute Gasteiger partial charge is 0.398 e. The summed E-state index contributed by atoms with van der Waals surface area (Å²) in [6, 6.07) is 2.68. The molecule has 0 saturated heterocycles. The summed E-state index contributed by atoms with van der Waals surface area (Å²) in [5.41, 5.74) is 5.75. The molecule has 0 unspecified atom stereocenters. The van der Waals surface area contributed by atoms with Gasteiger partial charge in [-0.15, -0.1) is 11.3 Å². The fourth-order valence-electron chi connectivity index (χ4n) is 1.09. The lowest BCUT2D eigenvalue weighted by atomic mass is 10.2. The summed E-state index contributed by atoms with van der Waals surface area (Å²) in [5.74, 6) is -1.70. The third-order valence-corrected chi connectivity index (χ3v) is 2.57. The fraction of sp³-hybridized carbons (Fsp3) is 0. The van der Waals surface area contributed by atoms with Crippen LogP contribution in [0.2, 0.25) is 0 Å². The van der Waals surface area contributed by atoms with Crippen LogP contribution in [0.5, 0.6) is 0 Å². The van der Waals surface area contributed by atoms with Crippen molar-refractivity contribution in [1.29, 1.82) is 0 Å². The Morgan fingerprint density at radius 3 is 2.83 bits per heavy atom. The molecule has 2 aromatic rings. The van der Waals surface area contributed by atoms with Crippen molar-refractivity contribution in [3.05, 3.63) is 29.1 Å². The van der Waals surface area contributed by atoms with Crippen LogP contribution in [0.3, 0.4) is 0 Å². The third-order valence-electron chi connectivity index (χ3n) is 1.67. The molecule has 2 rings (SSSR count). The molecule has 0 fully saturated rings. The minimum atomic E-state index is -0.887. The maximum atomic E-state index is 13.0. The molecule has 1 aromatic carbocycles. The van der Waals surface area contributed by atoms with E-state index in [1.165, 1.54) is 0 Å².